The van der Waals surface area contributed by atoms with Crippen molar-refractivity contribution in [3.8, 4) is 0 Å². The Morgan fingerprint density at radius 3 is 2.15 bits per heavy atom. The van der Waals surface area contributed by atoms with Crippen molar-refractivity contribution >= 4 is 17.6 Å². The van der Waals surface area contributed by atoms with Crippen LogP contribution >= 0.6 is 11.6 Å². The van der Waals surface area contributed by atoms with Crippen LogP contribution in [0.15, 0.2) is 54.6 Å². The Labute approximate surface area is 166 Å². The molecule has 0 aliphatic rings. The number of rotatable bonds is 9. The Morgan fingerprint density at radius 2 is 1.56 bits per heavy atom. The minimum absolute atomic E-state index is 0.105. The van der Waals surface area contributed by atoms with Crippen molar-refractivity contribution in [1.82, 2.24) is 15.5 Å². The first-order valence-corrected chi connectivity index (χ1v) is 9.67. The molecule has 2 amide bonds. The molecule has 146 valence electrons. The lowest BCUT2D eigenvalue weighted by molar-refractivity contribution is 0.171. The summed E-state index contributed by atoms with van der Waals surface area (Å²) in [6, 6.07) is 16.9. The number of aliphatic hydroxyl groups excluding tert-OH is 1. The number of hydrogen-bond acceptors (Lipinski definition) is 3. The van der Waals surface area contributed by atoms with Crippen LogP contribution < -0.4 is 10.6 Å². The summed E-state index contributed by atoms with van der Waals surface area (Å²) in [5.41, 5.74) is 1.88. The van der Waals surface area contributed by atoms with E-state index in [1.165, 1.54) is 5.56 Å². The maximum absolute atomic E-state index is 12.2. The summed E-state index contributed by atoms with van der Waals surface area (Å²) in [6.45, 7) is 6.65. The summed E-state index contributed by atoms with van der Waals surface area (Å²) < 4.78 is 0. The highest BCUT2D eigenvalue weighted by atomic mass is 35.5. The van der Waals surface area contributed by atoms with E-state index in [4.69, 9.17) is 11.6 Å². The molecule has 2 rings (SSSR count). The number of amides is 2. The number of halogens is 1. The number of hydrogen-bond donors (Lipinski definition) is 3. The van der Waals surface area contributed by atoms with Crippen LogP contribution in [-0.4, -0.2) is 42.2 Å². The molecule has 5 nitrogen and oxygen atoms in total. The average molecular weight is 390 g/mol. The number of benzene rings is 2. The van der Waals surface area contributed by atoms with E-state index in [0.717, 1.165) is 13.1 Å². The SMILES string of the molecule is CCN(CC)C(CNC(=O)NCC(O)c1ccc(Cl)cc1)c1ccccc1. The lowest BCUT2D eigenvalue weighted by Gasteiger charge is -2.30. The van der Waals surface area contributed by atoms with Gasteiger partial charge in [-0.2, -0.15) is 0 Å². The molecule has 2 atom stereocenters. The van der Waals surface area contributed by atoms with Gasteiger partial charge in [-0.1, -0.05) is 67.9 Å². The van der Waals surface area contributed by atoms with E-state index in [1.54, 1.807) is 24.3 Å². The molecule has 0 heterocycles. The van der Waals surface area contributed by atoms with Gasteiger partial charge in [0.1, 0.15) is 0 Å². The predicted octanol–water partition coefficient (Wildman–Crippen LogP) is 3.76. The highest BCUT2D eigenvalue weighted by Gasteiger charge is 2.18. The van der Waals surface area contributed by atoms with Crippen molar-refractivity contribution in [3.05, 3.63) is 70.7 Å². The molecule has 27 heavy (non-hydrogen) atoms. The minimum Gasteiger partial charge on any atom is -0.387 e. The van der Waals surface area contributed by atoms with Gasteiger partial charge in [-0.3, -0.25) is 4.90 Å². The van der Waals surface area contributed by atoms with Crippen LogP contribution in [0.5, 0.6) is 0 Å². The fourth-order valence-electron chi connectivity index (χ4n) is 3.04. The lowest BCUT2D eigenvalue weighted by atomic mass is 10.1. The summed E-state index contributed by atoms with van der Waals surface area (Å²) in [6.07, 6.45) is -0.777. The highest BCUT2D eigenvalue weighted by Crippen LogP contribution is 2.19. The van der Waals surface area contributed by atoms with Crippen molar-refractivity contribution < 1.29 is 9.90 Å². The van der Waals surface area contributed by atoms with Crippen LogP contribution in [0.4, 0.5) is 4.79 Å². The highest BCUT2D eigenvalue weighted by molar-refractivity contribution is 6.30. The number of likely N-dealkylation sites (N-methyl/N-ethyl adjacent to an activating group) is 1. The van der Waals surface area contributed by atoms with Gasteiger partial charge in [-0.05, 0) is 36.3 Å². The van der Waals surface area contributed by atoms with E-state index in [-0.39, 0.29) is 18.6 Å². The molecule has 0 aromatic heterocycles. The molecule has 3 N–H and O–H groups in total. The quantitative estimate of drug-likeness (QED) is 0.611. The summed E-state index contributed by atoms with van der Waals surface area (Å²) in [7, 11) is 0. The number of urea groups is 1. The van der Waals surface area contributed by atoms with Gasteiger partial charge in [0.15, 0.2) is 0 Å². The summed E-state index contributed by atoms with van der Waals surface area (Å²) in [5.74, 6) is 0. The third kappa shape index (κ3) is 6.54. The van der Waals surface area contributed by atoms with Crippen LogP contribution in [0, 0.1) is 0 Å². The smallest absolute Gasteiger partial charge is 0.314 e. The van der Waals surface area contributed by atoms with Gasteiger partial charge in [-0.15, -0.1) is 0 Å². The maximum atomic E-state index is 12.2. The number of carbonyl (C=O) groups excluding carboxylic acids is 1. The van der Waals surface area contributed by atoms with Crippen molar-refractivity contribution in [2.24, 2.45) is 0 Å². The average Bonchev–Trinajstić information content (AvgIpc) is 2.70. The van der Waals surface area contributed by atoms with Crippen molar-refractivity contribution in [2.45, 2.75) is 26.0 Å². The second-order valence-electron chi connectivity index (χ2n) is 6.31. The molecule has 0 fully saturated rings. The first-order chi connectivity index (χ1) is 13.0. The third-order valence-electron chi connectivity index (χ3n) is 4.60. The maximum Gasteiger partial charge on any atom is 0.314 e. The fraction of sp³-hybridized carbons (Fsp3) is 0.381. The third-order valence-corrected chi connectivity index (χ3v) is 4.86. The predicted molar refractivity (Wildman–Crippen MR) is 110 cm³/mol. The lowest BCUT2D eigenvalue weighted by Crippen LogP contribution is -2.43. The van der Waals surface area contributed by atoms with Crippen LogP contribution in [0.2, 0.25) is 5.02 Å². The first kappa shape index (κ1) is 21.2. The van der Waals surface area contributed by atoms with Crippen LogP contribution in [0.1, 0.15) is 37.1 Å². The van der Waals surface area contributed by atoms with Gasteiger partial charge in [0.05, 0.1) is 12.1 Å². The van der Waals surface area contributed by atoms with E-state index < -0.39 is 6.10 Å². The molecule has 0 aliphatic carbocycles. The molecule has 0 aliphatic heterocycles. The van der Waals surface area contributed by atoms with Crippen LogP contribution in [-0.2, 0) is 0 Å². The van der Waals surface area contributed by atoms with Crippen LogP contribution in [0.25, 0.3) is 0 Å². The van der Waals surface area contributed by atoms with Gasteiger partial charge < -0.3 is 15.7 Å². The summed E-state index contributed by atoms with van der Waals surface area (Å²) >= 11 is 5.85. The van der Waals surface area contributed by atoms with Gasteiger partial charge in [0.25, 0.3) is 0 Å². The molecule has 0 radical (unpaired) electrons. The van der Waals surface area contributed by atoms with Crippen molar-refractivity contribution in [1.29, 1.82) is 0 Å². The Hall–Kier alpha value is -2.08. The zero-order valence-electron chi connectivity index (χ0n) is 15.9. The molecule has 6 heteroatoms. The number of nitrogens with zero attached hydrogens (tertiary/aromatic N) is 1. The summed E-state index contributed by atoms with van der Waals surface area (Å²) in [4.78, 5) is 14.5. The number of nitrogens with one attached hydrogen (secondary N) is 2. The van der Waals surface area contributed by atoms with Gasteiger partial charge in [0.2, 0.25) is 0 Å². The van der Waals surface area contributed by atoms with E-state index in [9.17, 15) is 9.90 Å². The molecule has 0 saturated carbocycles. The second kappa shape index (κ2) is 10.9. The van der Waals surface area contributed by atoms with Gasteiger partial charge in [-0.25, -0.2) is 4.79 Å². The zero-order chi connectivity index (χ0) is 19.6. The minimum atomic E-state index is -0.777. The van der Waals surface area contributed by atoms with Crippen molar-refractivity contribution in [3.63, 3.8) is 0 Å². The second-order valence-corrected chi connectivity index (χ2v) is 6.74. The first-order valence-electron chi connectivity index (χ1n) is 9.29. The Balaban J connectivity index is 1.88. The van der Waals surface area contributed by atoms with Gasteiger partial charge in [0, 0.05) is 18.1 Å². The normalized spacial score (nSPS) is 13.2. The Kier molecular flexibility index (Phi) is 8.58. The zero-order valence-corrected chi connectivity index (χ0v) is 16.6. The van der Waals surface area contributed by atoms with Crippen molar-refractivity contribution in [2.75, 3.05) is 26.2 Å². The van der Waals surface area contributed by atoms with E-state index >= 15 is 0 Å². The van der Waals surface area contributed by atoms with Crippen LogP contribution in [0.3, 0.4) is 0 Å². The fourth-order valence-corrected chi connectivity index (χ4v) is 3.17. The van der Waals surface area contributed by atoms with E-state index in [2.05, 4.69) is 41.5 Å². The Bertz CT molecular complexity index is 690. The van der Waals surface area contributed by atoms with E-state index in [1.807, 2.05) is 18.2 Å². The largest absolute Gasteiger partial charge is 0.387 e. The molecular formula is C21H28ClN3O2. The molecule has 2 unspecified atom stereocenters. The molecule has 0 saturated heterocycles. The summed E-state index contributed by atoms with van der Waals surface area (Å²) in [5, 5.41) is 16.4. The Morgan fingerprint density at radius 1 is 0.963 bits per heavy atom. The molecular weight excluding hydrogens is 362 g/mol. The molecule has 0 spiro atoms. The number of carbonyl (C=O) groups is 1. The molecule has 2 aromatic rings. The molecule has 2 aromatic carbocycles. The standard InChI is InChI=1S/C21H28ClN3O2/c1-3-25(4-2)19(16-8-6-5-7-9-16)14-23-21(27)24-15-20(26)17-10-12-18(22)13-11-17/h5-13,19-20,26H,3-4,14-15H2,1-2H3,(H2,23,24,27). The monoisotopic (exact) mass is 389 g/mol. The van der Waals surface area contributed by atoms with Gasteiger partial charge >= 0.3 is 6.03 Å². The topological polar surface area (TPSA) is 64.6 Å². The number of aliphatic hydroxyl groups is 1. The van der Waals surface area contributed by atoms with E-state index in [0.29, 0.717) is 17.1 Å². The molecule has 0 bridgehead atoms.